The first kappa shape index (κ1) is 14.6. The van der Waals surface area contributed by atoms with E-state index >= 15 is 0 Å². The molecule has 21 heavy (non-hydrogen) atoms. The Kier molecular flexibility index (Phi) is 5.34. The molecule has 1 N–H and O–H groups in total. The highest BCUT2D eigenvalue weighted by atomic mass is 16.6. The summed E-state index contributed by atoms with van der Waals surface area (Å²) in [4.78, 5) is 14.8. The first-order valence-electron chi connectivity index (χ1n) is 6.38. The van der Waals surface area contributed by atoms with E-state index < -0.39 is 12.6 Å². The van der Waals surface area contributed by atoms with Crippen molar-refractivity contribution >= 4 is 12.2 Å². The molecule has 0 aliphatic heterocycles. The van der Waals surface area contributed by atoms with Crippen molar-refractivity contribution in [2.45, 2.75) is 6.61 Å². The number of hydrogen-bond acceptors (Lipinski definition) is 4. The Morgan fingerprint density at radius 3 is 2.48 bits per heavy atom. The fourth-order valence-corrected chi connectivity index (χ4v) is 1.58. The van der Waals surface area contributed by atoms with Crippen molar-refractivity contribution in [2.24, 2.45) is 5.16 Å². The van der Waals surface area contributed by atoms with Gasteiger partial charge in [-0.3, -0.25) is 0 Å². The predicted molar refractivity (Wildman–Crippen MR) is 78.4 cm³/mol. The van der Waals surface area contributed by atoms with Crippen LogP contribution in [0.1, 0.15) is 11.1 Å². The second-order valence-corrected chi connectivity index (χ2v) is 4.24. The number of benzene rings is 2. The monoisotopic (exact) mass is 285 g/mol. The van der Waals surface area contributed by atoms with Crippen molar-refractivity contribution in [1.82, 2.24) is 0 Å². The van der Waals surface area contributed by atoms with Crippen molar-refractivity contribution < 1.29 is 19.5 Å². The van der Waals surface area contributed by atoms with Gasteiger partial charge in [0.2, 0.25) is 6.61 Å². The van der Waals surface area contributed by atoms with Gasteiger partial charge >= 0.3 is 5.97 Å². The first-order chi connectivity index (χ1) is 10.2. The molecule has 0 heterocycles. The molecule has 0 fully saturated rings. The van der Waals surface area contributed by atoms with Crippen LogP contribution in [0.15, 0.2) is 59.8 Å². The molecule has 0 aliphatic carbocycles. The number of nitrogens with zero attached hydrogens (tertiary/aromatic N) is 1. The summed E-state index contributed by atoms with van der Waals surface area (Å²) in [5.41, 5.74) is 1.90. The maximum atomic E-state index is 10.2. The second-order valence-electron chi connectivity index (χ2n) is 4.24. The summed E-state index contributed by atoms with van der Waals surface area (Å²) in [5, 5.41) is 11.9. The normalized spacial score (nSPS) is 10.5. The Bertz CT molecular complexity index is 593. The first-order valence-corrected chi connectivity index (χ1v) is 6.38. The van der Waals surface area contributed by atoms with Gasteiger partial charge in [0, 0.05) is 0 Å². The minimum atomic E-state index is -1.06. The van der Waals surface area contributed by atoms with Crippen molar-refractivity contribution in [2.75, 3.05) is 6.61 Å². The molecule has 5 heteroatoms. The number of oxime groups is 1. The van der Waals surface area contributed by atoms with Crippen LogP contribution in [0.3, 0.4) is 0 Å². The van der Waals surface area contributed by atoms with Gasteiger partial charge in [-0.1, -0.05) is 35.5 Å². The van der Waals surface area contributed by atoms with Gasteiger partial charge in [-0.05, 0) is 35.4 Å². The van der Waals surface area contributed by atoms with Gasteiger partial charge in [0.25, 0.3) is 0 Å². The van der Waals surface area contributed by atoms with Crippen molar-refractivity contribution in [3.05, 3.63) is 65.7 Å². The van der Waals surface area contributed by atoms with Crippen LogP contribution in [0.4, 0.5) is 0 Å². The van der Waals surface area contributed by atoms with Crippen LogP contribution in [0.5, 0.6) is 5.75 Å². The van der Waals surface area contributed by atoms with Crippen LogP contribution in [0.25, 0.3) is 0 Å². The van der Waals surface area contributed by atoms with E-state index in [2.05, 4.69) is 9.99 Å². The van der Waals surface area contributed by atoms with E-state index in [1.165, 1.54) is 6.21 Å². The largest absolute Gasteiger partial charge is 0.489 e. The Labute approximate surface area is 122 Å². The summed E-state index contributed by atoms with van der Waals surface area (Å²) in [6, 6.07) is 17.2. The highest BCUT2D eigenvalue weighted by Crippen LogP contribution is 2.13. The van der Waals surface area contributed by atoms with E-state index in [0.29, 0.717) is 6.61 Å². The standard InChI is InChI=1S/C16H15NO4/c18-16(19)12-21-17-10-13-6-8-15(9-7-13)20-11-14-4-2-1-3-5-14/h1-10H,11-12H2,(H,18,19). The quantitative estimate of drug-likeness (QED) is 0.627. The average Bonchev–Trinajstić information content (AvgIpc) is 2.51. The van der Waals surface area contributed by atoms with Gasteiger partial charge in [-0.2, -0.15) is 0 Å². The van der Waals surface area contributed by atoms with Crippen LogP contribution in [-0.4, -0.2) is 23.9 Å². The maximum absolute atomic E-state index is 10.2. The summed E-state index contributed by atoms with van der Waals surface area (Å²) >= 11 is 0. The third-order valence-electron chi connectivity index (χ3n) is 2.59. The van der Waals surface area contributed by atoms with Crippen LogP contribution in [0, 0.1) is 0 Å². The summed E-state index contributed by atoms with van der Waals surface area (Å²) in [5.74, 6) is -0.306. The zero-order valence-electron chi connectivity index (χ0n) is 11.3. The van der Waals surface area contributed by atoms with E-state index in [1.54, 1.807) is 0 Å². The van der Waals surface area contributed by atoms with Gasteiger partial charge < -0.3 is 14.7 Å². The molecule has 2 aromatic rings. The molecular formula is C16H15NO4. The Morgan fingerprint density at radius 1 is 1.10 bits per heavy atom. The van der Waals surface area contributed by atoms with E-state index in [-0.39, 0.29) is 0 Å². The molecule has 108 valence electrons. The number of hydrogen-bond donors (Lipinski definition) is 1. The molecule has 0 atom stereocenters. The topological polar surface area (TPSA) is 68.1 Å². The number of aliphatic carboxylic acids is 1. The fourth-order valence-electron chi connectivity index (χ4n) is 1.58. The van der Waals surface area contributed by atoms with Gasteiger partial charge in [-0.15, -0.1) is 0 Å². The van der Waals surface area contributed by atoms with Gasteiger partial charge in [-0.25, -0.2) is 4.79 Å². The smallest absolute Gasteiger partial charge is 0.344 e. The van der Waals surface area contributed by atoms with Crippen molar-refractivity contribution in [3.63, 3.8) is 0 Å². The molecule has 0 radical (unpaired) electrons. The third-order valence-corrected chi connectivity index (χ3v) is 2.59. The molecule has 0 saturated carbocycles. The molecule has 0 spiro atoms. The molecule has 0 bridgehead atoms. The minimum absolute atomic E-state index is 0.450. The van der Waals surface area contributed by atoms with E-state index in [1.807, 2.05) is 54.6 Å². The van der Waals surface area contributed by atoms with Crippen LogP contribution in [-0.2, 0) is 16.2 Å². The number of carboxylic acid groups (broad SMARTS) is 1. The summed E-state index contributed by atoms with van der Waals surface area (Å²) in [6.45, 7) is 0.0603. The third kappa shape index (κ3) is 5.36. The lowest BCUT2D eigenvalue weighted by molar-refractivity contribution is -0.142. The predicted octanol–water partition coefficient (Wildman–Crippen LogP) is 2.70. The fraction of sp³-hybridized carbons (Fsp3) is 0.125. The summed E-state index contributed by atoms with van der Waals surface area (Å²) < 4.78 is 5.65. The average molecular weight is 285 g/mol. The zero-order chi connectivity index (χ0) is 14.9. The highest BCUT2D eigenvalue weighted by molar-refractivity contribution is 5.79. The van der Waals surface area contributed by atoms with Crippen LogP contribution in [0.2, 0.25) is 0 Å². The lowest BCUT2D eigenvalue weighted by atomic mass is 10.2. The van der Waals surface area contributed by atoms with Gasteiger partial charge in [0.05, 0.1) is 6.21 Å². The van der Waals surface area contributed by atoms with Crippen LogP contribution >= 0.6 is 0 Å². The number of rotatable bonds is 7. The molecule has 0 aliphatic rings. The Balaban J connectivity index is 1.83. The van der Waals surface area contributed by atoms with Crippen molar-refractivity contribution in [3.8, 4) is 5.75 Å². The lowest BCUT2D eigenvalue weighted by Gasteiger charge is -2.06. The van der Waals surface area contributed by atoms with E-state index in [9.17, 15) is 4.79 Å². The molecule has 0 saturated heterocycles. The van der Waals surface area contributed by atoms with Gasteiger partial charge in [0.15, 0.2) is 0 Å². The number of ether oxygens (including phenoxy) is 1. The number of carbonyl (C=O) groups is 1. The Hall–Kier alpha value is -2.82. The Morgan fingerprint density at radius 2 is 1.81 bits per heavy atom. The van der Waals surface area contributed by atoms with Crippen molar-refractivity contribution in [1.29, 1.82) is 0 Å². The SMILES string of the molecule is O=C(O)CON=Cc1ccc(OCc2ccccc2)cc1. The van der Waals surface area contributed by atoms with Crippen LogP contribution < -0.4 is 4.74 Å². The molecule has 5 nitrogen and oxygen atoms in total. The van der Waals surface area contributed by atoms with Gasteiger partial charge in [0.1, 0.15) is 12.4 Å². The zero-order valence-corrected chi connectivity index (χ0v) is 11.3. The summed E-state index contributed by atoms with van der Waals surface area (Å²) in [7, 11) is 0. The molecule has 2 rings (SSSR count). The minimum Gasteiger partial charge on any atom is -0.489 e. The lowest BCUT2D eigenvalue weighted by Crippen LogP contribution is -2.03. The molecule has 0 aromatic heterocycles. The second kappa shape index (κ2) is 7.69. The molecule has 0 unspecified atom stereocenters. The number of carboxylic acids is 1. The summed E-state index contributed by atoms with van der Waals surface area (Å²) in [6.07, 6.45) is 1.45. The van der Waals surface area contributed by atoms with E-state index in [0.717, 1.165) is 16.9 Å². The van der Waals surface area contributed by atoms with E-state index in [4.69, 9.17) is 9.84 Å². The maximum Gasteiger partial charge on any atom is 0.344 e. The highest BCUT2D eigenvalue weighted by Gasteiger charge is 1.97. The molecular weight excluding hydrogens is 270 g/mol. The molecule has 2 aromatic carbocycles. The molecule has 0 amide bonds.